The Balaban J connectivity index is 1.90. The van der Waals surface area contributed by atoms with Crippen LogP contribution in [0.25, 0.3) is 0 Å². The monoisotopic (exact) mass is 250 g/mol. The number of nitrogens with zero attached hydrogens (tertiary/aromatic N) is 3. The molecule has 0 aromatic carbocycles. The number of ketones is 1. The van der Waals surface area contributed by atoms with Gasteiger partial charge in [0.15, 0.2) is 5.78 Å². The van der Waals surface area contributed by atoms with Crippen molar-refractivity contribution in [3.8, 4) is 0 Å². The van der Waals surface area contributed by atoms with Crippen molar-refractivity contribution < 1.29 is 4.79 Å². The van der Waals surface area contributed by atoms with Gasteiger partial charge >= 0.3 is 0 Å². The molecule has 2 heterocycles. The third-order valence-electron chi connectivity index (χ3n) is 3.34. The summed E-state index contributed by atoms with van der Waals surface area (Å²) in [4.78, 5) is 12.0. The molecule has 0 spiro atoms. The van der Waals surface area contributed by atoms with Crippen LogP contribution in [0.3, 0.4) is 0 Å². The molecule has 1 N–H and O–H groups in total. The number of aromatic nitrogens is 3. The fraction of sp³-hybridized carbons (Fsp3) is 0.769. The van der Waals surface area contributed by atoms with Gasteiger partial charge in [-0.25, -0.2) is 4.68 Å². The Morgan fingerprint density at radius 3 is 2.78 bits per heavy atom. The molecule has 5 nitrogen and oxygen atoms in total. The zero-order valence-corrected chi connectivity index (χ0v) is 11.4. The van der Waals surface area contributed by atoms with Gasteiger partial charge < -0.3 is 5.32 Å². The summed E-state index contributed by atoms with van der Waals surface area (Å²) in [6.45, 7) is 8.32. The van der Waals surface area contributed by atoms with Crippen molar-refractivity contribution >= 4 is 5.78 Å². The van der Waals surface area contributed by atoms with Crippen LogP contribution in [-0.4, -0.2) is 33.9 Å². The van der Waals surface area contributed by atoms with Crippen LogP contribution in [0, 0.1) is 11.8 Å². The minimum absolute atomic E-state index is 0.113. The highest BCUT2D eigenvalue weighted by atomic mass is 16.1. The molecular formula is C13H22N4O. The maximum atomic E-state index is 12.0. The summed E-state index contributed by atoms with van der Waals surface area (Å²) in [7, 11) is 0. The maximum Gasteiger partial charge on any atom is 0.184 e. The maximum absolute atomic E-state index is 12.0. The number of carbonyl (C=O) groups is 1. The zero-order valence-electron chi connectivity index (χ0n) is 11.4. The molecule has 0 radical (unpaired) electrons. The SMILES string of the molecule is CC(C)CC(C)CC(=O)c1cn(C2CNC2)nn1. The van der Waals surface area contributed by atoms with Gasteiger partial charge in [0.05, 0.1) is 12.2 Å². The Morgan fingerprint density at radius 1 is 1.50 bits per heavy atom. The smallest absolute Gasteiger partial charge is 0.184 e. The molecule has 100 valence electrons. The third kappa shape index (κ3) is 3.16. The largest absolute Gasteiger partial charge is 0.312 e. The number of nitrogens with one attached hydrogen (secondary N) is 1. The average molecular weight is 250 g/mol. The number of carbonyl (C=O) groups excluding carboxylic acids is 1. The number of hydrogen-bond acceptors (Lipinski definition) is 4. The first-order chi connectivity index (χ1) is 8.56. The van der Waals surface area contributed by atoms with Crippen LogP contribution in [0.5, 0.6) is 0 Å². The Morgan fingerprint density at radius 2 is 2.22 bits per heavy atom. The third-order valence-corrected chi connectivity index (χ3v) is 3.34. The van der Waals surface area contributed by atoms with Crippen molar-refractivity contribution in [2.45, 2.75) is 39.7 Å². The van der Waals surface area contributed by atoms with Crippen LogP contribution in [-0.2, 0) is 0 Å². The van der Waals surface area contributed by atoms with E-state index >= 15 is 0 Å². The molecular weight excluding hydrogens is 228 g/mol. The van der Waals surface area contributed by atoms with Crippen LogP contribution in [0.1, 0.15) is 50.1 Å². The van der Waals surface area contributed by atoms with Crippen molar-refractivity contribution in [2.24, 2.45) is 11.8 Å². The summed E-state index contributed by atoms with van der Waals surface area (Å²) < 4.78 is 1.80. The van der Waals surface area contributed by atoms with Gasteiger partial charge in [0.2, 0.25) is 0 Å². The van der Waals surface area contributed by atoms with E-state index in [9.17, 15) is 4.79 Å². The van der Waals surface area contributed by atoms with E-state index in [1.807, 2.05) is 0 Å². The van der Waals surface area contributed by atoms with Crippen LogP contribution >= 0.6 is 0 Å². The first-order valence-corrected chi connectivity index (χ1v) is 6.72. The van der Waals surface area contributed by atoms with Gasteiger partial charge in [0, 0.05) is 19.5 Å². The normalized spacial score (nSPS) is 17.8. The lowest BCUT2D eigenvalue weighted by atomic mass is 9.94. The van der Waals surface area contributed by atoms with Gasteiger partial charge in [-0.1, -0.05) is 26.0 Å². The first kappa shape index (κ1) is 13.2. The van der Waals surface area contributed by atoms with Crippen LogP contribution in [0.15, 0.2) is 6.20 Å². The van der Waals surface area contributed by atoms with Crippen LogP contribution in [0.4, 0.5) is 0 Å². The molecule has 5 heteroatoms. The lowest BCUT2D eigenvalue weighted by molar-refractivity contribution is 0.0955. The lowest BCUT2D eigenvalue weighted by Crippen LogP contribution is -2.43. The summed E-state index contributed by atoms with van der Waals surface area (Å²) in [5.41, 5.74) is 0.512. The van der Waals surface area contributed by atoms with E-state index in [-0.39, 0.29) is 5.78 Å². The van der Waals surface area contributed by atoms with Crippen molar-refractivity contribution in [2.75, 3.05) is 13.1 Å². The fourth-order valence-corrected chi connectivity index (χ4v) is 2.35. The van der Waals surface area contributed by atoms with Crippen molar-refractivity contribution in [3.63, 3.8) is 0 Å². The van der Waals surface area contributed by atoms with E-state index in [1.165, 1.54) is 0 Å². The standard InChI is InChI=1S/C13H22N4O/c1-9(2)4-10(3)5-13(18)12-8-17(16-15-12)11-6-14-7-11/h8-11,14H,4-7H2,1-3H3. The molecule has 1 fully saturated rings. The topological polar surface area (TPSA) is 59.8 Å². The summed E-state index contributed by atoms with van der Waals surface area (Å²) >= 11 is 0. The molecule has 1 aliphatic rings. The highest BCUT2D eigenvalue weighted by molar-refractivity contribution is 5.93. The van der Waals surface area contributed by atoms with Gasteiger partial charge in [-0.2, -0.15) is 0 Å². The molecule has 1 aromatic heterocycles. The Hall–Kier alpha value is -1.23. The average Bonchev–Trinajstić information content (AvgIpc) is 2.62. The number of hydrogen-bond donors (Lipinski definition) is 1. The van der Waals surface area contributed by atoms with Crippen molar-refractivity contribution in [3.05, 3.63) is 11.9 Å². The van der Waals surface area contributed by atoms with Gasteiger partial charge in [-0.15, -0.1) is 5.10 Å². The molecule has 1 aliphatic heterocycles. The molecule has 18 heavy (non-hydrogen) atoms. The van der Waals surface area contributed by atoms with E-state index in [0.717, 1.165) is 19.5 Å². The van der Waals surface area contributed by atoms with Crippen molar-refractivity contribution in [1.82, 2.24) is 20.3 Å². The molecule has 1 unspecified atom stereocenters. The lowest BCUT2D eigenvalue weighted by Gasteiger charge is -2.26. The van der Waals surface area contributed by atoms with E-state index in [0.29, 0.717) is 30.0 Å². The predicted octanol–water partition coefficient (Wildman–Crippen LogP) is 1.68. The molecule has 1 saturated heterocycles. The van der Waals surface area contributed by atoms with E-state index in [1.54, 1.807) is 10.9 Å². The van der Waals surface area contributed by atoms with Crippen LogP contribution < -0.4 is 5.32 Å². The Labute approximate surface area is 108 Å². The highest BCUT2D eigenvalue weighted by Crippen LogP contribution is 2.17. The molecule has 1 atom stereocenters. The predicted molar refractivity (Wildman–Crippen MR) is 69.5 cm³/mol. The molecule has 0 amide bonds. The summed E-state index contributed by atoms with van der Waals surface area (Å²) in [6, 6.07) is 0.368. The van der Waals surface area contributed by atoms with Crippen LogP contribution in [0.2, 0.25) is 0 Å². The van der Waals surface area contributed by atoms with E-state index < -0.39 is 0 Å². The first-order valence-electron chi connectivity index (χ1n) is 6.72. The Kier molecular flexibility index (Phi) is 4.11. The van der Waals surface area contributed by atoms with Gasteiger partial charge in [0.1, 0.15) is 5.69 Å². The second-order valence-electron chi connectivity index (χ2n) is 5.76. The Bertz CT molecular complexity index is 409. The highest BCUT2D eigenvalue weighted by Gasteiger charge is 2.22. The molecule has 1 aromatic rings. The summed E-state index contributed by atoms with van der Waals surface area (Å²) in [5.74, 6) is 1.15. The summed E-state index contributed by atoms with van der Waals surface area (Å²) in [6.07, 6.45) is 3.43. The molecule has 0 saturated carbocycles. The van der Waals surface area contributed by atoms with Gasteiger partial charge in [0.25, 0.3) is 0 Å². The quantitative estimate of drug-likeness (QED) is 0.780. The zero-order chi connectivity index (χ0) is 13.1. The molecule has 0 bridgehead atoms. The summed E-state index contributed by atoms with van der Waals surface area (Å²) in [5, 5.41) is 11.2. The second kappa shape index (κ2) is 5.61. The molecule has 0 aliphatic carbocycles. The van der Waals surface area contributed by atoms with Gasteiger partial charge in [-0.05, 0) is 18.3 Å². The van der Waals surface area contributed by atoms with E-state index in [4.69, 9.17) is 0 Å². The minimum Gasteiger partial charge on any atom is -0.312 e. The number of rotatable bonds is 6. The fourth-order valence-electron chi connectivity index (χ4n) is 2.35. The number of Topliss-reactive ketones (excluding diaryl/α,β-unsaturated/α-hetero) is 1. The molecule has 2 rings (SSSR count). The van der Waals surface area contributed by atoms with Gasteiger partial charge in [-0.3, -0.25) is 4.79 Å². The van der Waals surface area contributed by atoms with Crippen molar-refractivity contribution in [1.29, 1.82) is 0 Å². The minimum atomic E-state index is 0.113. The second-order valence-corrected chi connectivity index (χ2v) is 5.76. The van der Waals surface area contributed by atoms with E-state index in [2.05, 4.69) is 36.4 Å².